The van der Waals surface area contributed by atoms with Crippen LogP contribution in [0.25, 0.3) is 0 Å². The summed E-state index contributed by atoms with van der Waals surface area (Å²) < 4.78 is 5.69. The van der Waals surface area contributed by atoms with E-state index in [1.165, 1.54) is 16.7 Å². The Kier molecular flexibility index (Phi) is 6.21. The smallest absolute Gasteiger partial charge is 0.222 e. The highest BCUT2D eigenvalue weighted by Crippen LogP contribution is 2.12. The molecule has 0 aromatic heterocycles. The summed E-state index contributed by atoms with van der Waals surface area (Å²) in [5, 5.41) is 0. The van der Waals surface area contributed by atoms with E-state index in [4.69, 9.17) is 4.74 Å². The summed E-state index contributed by atoms with van der Waals surface area (Å²) in [6.07, 6.45) is 1.31. The van der Waals surface area contributed by atoms with Crippen LogP contribution < -0.4 is 4.74 Å². The number of carbonyl (C=O) groups excluding carboxylic acids is 1. The molecule has 0 heterocycles. The molecule has 0 bridgehead atoms. The normalized spacial score (nSPS) is 10.4. The molecule has 0 fully saturated rings. The first-order valence-electron chi connectivity index (χ1n) is 8.03. The lowest BCUT2D eigenvalue weighted by Gasteiger charge is -2.17. The van der Waals surface area contributed by atoms with Crippen molar-refractivity contribution in [1.82, 2.24) is 4.90 Å². The van der Waals surface area contributed by atoms with E-state index in [9.17, 15) is 4.79 Å². The van der Waals surface area contributed by atoms with Crippen molar-refractivity contribution >= 4 is 5.91 Å². The van der Waals surface area contributed by atoms with E-state index in [1.54, 1.807) is 4.90 Å². The monoisotopic (exact) mass is 311 g/mol. The van der Waals surface area contributed by atoms with Crippen LogP contribution in [0.3, 0.4) is 0 Å². The van der Waals surface area contributed by atoms with Crippen molar-refractivity contribution in [3.8, 4) is 5.75 Å². The molecule has 1 amide bonds. The van der Waals surface area contributed by atoms with Crippen molar-refractivity contribution in [2.24, 2.45) is 0 Å². The van der Waals surface area contributed by atoms with Gasteiger partial charge in [0.1, 0.15) is 12.4 Å². The van der Waals surface area contributed by atoms with Crippen LogP contribution in [-0.4, -0.2) is 31.0 Å². The van der Waals surface area contributed by atoms with E-state index in [1.807, 2.05) is 38.2 Å². The molecule has 3 heteroatoms. The topological polar surface area (TPSA) is 29.5 Å². The van der Waals surface area contributed by atoms with Crippen LogP contribution in [0.4, 0.5) is 0 Å². The summed E-state index contributed by atoms with van der Waals surface area (Å²) in [4.78, 5) is 13.9. The molecule has 0 saturated carbocycles. The molecule has 2 aromatic carbocycles. The van der Waals surface area contributed by atoms with Crippen LogP contribution in [0.5, 0.6) is 5.75 Å². The third-order valence-electron chi connectivity index (χ3n) is 3.86. The number of amides is 1. The van der Waals surface area contributed by atoms with Crippen LogP contribution in [0.2, 0.25) is 0 Å². The molecule has 0 atom stereocenters. The molecule has 0 radical (unpaired) electrons. The number of benzene rings is 2. The third-order valence-corrected chi connectivity index (χ3v) is 3.86. The van der Waals surface area contributed by atoms with Gasteiger partial charge in [0.25, 0.3) is 0 Å². The van der Waals surface area contributed by atoms with E-state index < -0.39 is 0 Å². The van der Waals surface area contributed by atoms with Crippen molar-refractivity contribution in [1.29, 1.82) is 0 Å². The Labute approximate surface area is 138 Å². The Morgan fingerprint density at radius 3 is 2.48 bits per heavy atom. The third kappa shape index (κ3) is 5.78. The average molecular weight is 311 g/mol. The summed E-state index contributed by atoms with van der Waals surface area (Å²) in [6.45, 7) is 5.21. The van der Waals surface area contributed by atoms with Crippen molar-refractivity contribution in [3.05, 3.63) is 65.2 Å². The zero-order valence-corrected chi connectivity index (χ0v) is 14.2. The fraction of sp³-hybridized carbons (Fsp3) is 0.350. The van der Waals surface area contributed by atoms with Gasteiger partial charge in [0.2, 0.25) is 5.91 Å². The minimum Gasteiger partial charge on any atom is -0.492 e. The Morgan fingerprint density at radius 2 is 1.78 bits per heavy atom. The molecule has 3 nitrogen and oxygen atoms in total. The zero-order chi connectivity index (χ0) is 16.7. The molecule has 0 N–H and O–H groups in total. The minimum absolute atomic E-state index is 0.151. The number of hydrogen-bond acceptors (Lipinski definition) is 2. The van der Waals surface area contributed by atoms with Gasteiger partial charge in [-0.15, -0.1) is 0 Å². The zero-order valence-electron chi connectivity index (χ0n) is 14.2. The molecule has 0 aliphatic carbocycles. The van der Waals surface area contributed by atoms with Gasteiger partial charge in [0.15, 0.2) is 0 Å². The maximum atomic E-state index is 12.2. The Morgan fingerprint density at radius 1 is 1.04 bits per heavy atom. The van der Waals surface area contributed by atoms with Crippen molar-refractivity contribution < 1.29 is 9.53 Å². The van der Waals surface area contributed by atoms with E-state index >= 15 is 0 Å². The van der Waals surface area contributed by atoms with Gasteiger partial charge in [-0.25, -0.2) is 0 Å². The van der Waals surface area contributed by atoms with Crippen molar-refractivity contribution in [3.63, 3.8) is 0 Å². The molecule has 23 heavy (non-hydrogen) atoms. The molecule has 0 aliphatic heterocycles. The largest absolute Gasteiger partial charge is 0.492 e. The Hall–Kier alpha value is -2.29. The van der Waals surface area contributed by atoms with Gasteiger partial charge in [-0.05, 0) is 43.5 Å². The molecule has 0 aliphatic rings. The maximum absolute atomic E-state index is 12.2. The second-order valence-electron chi connectivity index (χ2n) is 5.97. The summed E-state index contributed by atoms with van der Waals surface area (Å²) in [5.41, 5.74) is 3.61. The lowest BCUT2D eigenvalue weighted by atomic mass is 10.1. The number of likely N-dealkylation sites (N-methyl/N-ethyl adjacent to an activating group) is 1. The van der Waals surface area contributed by atoms with E-state index in [-0.39, 0.29) is 5.91 Å². The molecule has 122 valence electrons. The van der Waals surface area contributed by atoms with Crippen LogP contribution in [0.1, 0.15) is 23.1 Å². The van der Waals surface area contributed by atoms with Crippen LogP contribution in [0, 0.1) is 13.8 Å². The van der Waals surface area contributed by atoms with Gasteiger partial charge in [0, 0.05) is 13.5 Å². The Bertz CT molecular complexity index is 634. The number of carbonyl (C=O) groups is 1. The number of aryl methyl sites for hydroxylation is 3. The molecule has 2 aromatic rings. The highest BCUT2D eigenvalue weighted by atomic mass is 16.5. The highest BCUT2D eigenvalue weighted by Gasteiger charge is 2.09. The van der Waals surface area contributed by atoms with Gasteiger partial charge in [0.05, 0.1) is 6.54 Å². The van der Waals surface area contributed by atoms with Crippen LogP contribution >= 0.6 is 0 Å². The van der Waals surface area contributed by atoms with Gasteiger partial charge in [-0.1, -0.05) is 42.0 Å². The lowest BCUT2D eigenvalue weighted by Crippen LogP contribution is -2.31. The second-order valence-corrected chi connectivity index (χ2v) is 5.97. The van der Waals surface area contributed by atoms with Gasteiger partial charge in [-0.2, -0.15) is 0 Å². The lowest BCUT2D eigenvalue weighted by molar-refractivity contribution is -0.130. The number of rotatable bonds is 7. The minimum atomic E-state index is 0.151. The first-order valence-corrected chi connectivity index (χ1v) is 8.03. The number of ether oxygens (including phenoxy) is 1. The number of nitrogens with zero attached hydrogens (tertiary/aromatic N) is 1. The van der Waals surface area contributed by atoms with Crippen molar-refractivity contribution in [2.75, 3.05) is 20.2 Å². The summed E-state index contributed by atoms with van der Waals surface area (Å²) in [5.74, 6) is 1.00. The fourth-order valence-electron chi connectivity index (χ4n) is 2.33. The number of hydrogen-bond donors (Lipinski definition) is 0. The van der Waals surface area contributed by atoms with E-state index in [2.05, 4.69) is 31.2 Å². The van der Waals surface area contributed by atoms with E-state index in [0.29, 0.717) is 19.6 Å². The standard InChI is InChI=1S/C20H25NO2/c1-16-7-9-18(10-8-16)11-12-20(22)21(3)13-14-23-19-6-4-5-17(2)15-19/h4-10,15H,11-14H2,1-3H3. The maximum Gasteiger partial charge on any atom is 0.222 e. The summed E-state index contributed by atoms with van der Waals surface area (Å²) in [7, 11) is 1.83. The molecular formula is C20H25NO2. The molecular weight excluding hydrogens is 286 g/mol. The predicted molar refractivity (Wildman–Crippen MR) is 93.8 cm³/mol. The Balaban J connectivity index is 1.71. The molecule has 0 spiro atoms. The summed E-state index contributed by atoms with van der Waals surface area (Å²) in [6, 6.07) is 16.3. The highest BCUT2D eigenvalue weighted by molar-refractivity contribution is 5.76. The van der Waals surface area contributed by atoms with Crippen molar-refractivity contribution in [2.45, 2.75) is 26.7 Å². The first-order chi connectivity index (χ1) is 11.0. The summed E-state index contributed by atoms with van der Waals surface area (Å²) >= 11 is 0. The fourth-order valence-corrected chi connectivity index (χ4v) is 2.33. The second kappa shape index (κ2) is 8.37. The molecule has 2 rings (SSSR count). The van der Waals surface area contributed by atoms with Crippen LogP contribution in [0.15, 0.2) is 48.5 Å². The predicted octanol–water partition coefficient (Wildman–Crippen LogP) is 3.77. The first kappa shape index (κ1) is 17.1. The molecule has 0 saturated heterocycles. The van der Waals surface area contributed by atoms with Gasteiger partial charge < -0.3 is 9.64 Å². The van der Waals surface area contributed by atoms with Crippen LogP contribution in [-0.2, 0) is 11.2 Å². The SMILES string of the molecule is Cc1ccc(CCC(=O)N(C)CCOc2cccc(C)c2)cc1. The average Bonchev–Trinajstić information content (AvgIpc) is 2.54. The quantitative estimate of drug-likeness (QED) is 0.779. The molecule has 0 unspecified atom stereocenters. The van der Waals surface area contributed by atoms with Gasteiger partial charge >= 0.3 is 0 Å². The van der Waals surface area contributed by atoms with E-state index in [0.717, 1.165) is 12.2 Å². The van der Waals surface area contributed by atoms with Gasteiger partial charge in [-0.3, -0.25) is 4.79 Å².